The standard InChI is InChI=1S/C18H15Cl2N3O2/c19-13-8-4-9-14(20)16(13)18-22-15(25-23-18)10-3-6-11-5-1-2-7-12(11)17(21)24/h1-2,4-5,7-9H,3,6,10H2,(H2,21,24). The van der Waals surface area contributed by atoms with Crippen LogP contribution in [0.4, 0.5) is 0 Å². The van der Waals surface area contributed by atoms with Gasteiger partial charge in [0.25, 0.3) is 0 Å². The van der Waals surface area contributed by atoms with Crippen molar-refractivity contribution in [2.45, 2.75) is 19.3 Å². The van der Waals surface area contributed by atoms with Gasteiger partial charge in [-0.25, -0.2) is 0 Å². The summed E-state index contributed by atoms with van der Waals surface area (Å²) >= 11 is 12.3. The average Bonchev–Trinajstić information content (AvgIpc) is 3.03. The zero-order chi connectivity index (χ0) is 17.8. The smallest absolute Gasteiger partial charge is 0.248 e. The van der Waals surface area contributed by atoms with Crippen LogP contribution in [0.5, 0.6) is 0 Å². The summed E-state index contributed by atoms with van der Waals surface area (Å²) in [5, 5.41) is 4.89. The van der Waals surface area contributed by atoms with E-state index in [4.69, 9.17) is 33.5 Å². The molecule has 0 fully saturated rings. The molecule has 0 unspecified atom stereocenters. The van der Waals surface area contributed by atoms with Crippen LogP contribution in [0.1, 0.15) is 28.2 Å². The van der Waals surface area contributed by atoms with Crippen molar-refractivity contribution in [2.75, 3.05) is 0 Å². The van der Waals surface area contributed by atoms with Crippen LogP contribution in [-0.4, -0.2) is 16.0 Å². The molecule has 0 aliphatic rings. The van der Waals surface area contributed by atoms with Gasteiger partial charge < -0.3 is 10.3 Å². The van der Waals surface area contributed by atoms with Crippen LogP contribution in [0.2, 0.25) is 10.0 Å². The van der Waals surface area contributed by atoms with E-state index < -0.39 is 5.91 Å². The molecule has 2 aromatic carbocycles. The third kappa shape index (κ3) is 4.00. The molecule has 0 aliphatic carbocycles. The third-order valence-electron chi connectivity index (χ3n) is 3.77. The number of carbonyl (C=O) groups is 1. The van der Waals surface area contributed by atoms with Crippen molar-refractivity contribution in [3.8, 4) is 11.4 Å². The Balaban J connectivity index is 1.68. The van der Waals surface area contributed by atoms with E-state index in [9.17, 15) is 4.79 Å². The van der Waals surface area contributed by atoms with Crippen LogP contribution in [0.15, 0.2) is 47.0 Å². The molecule has 0 bridgehead atoms. The second kappa shape index (κ2) is 7.68. The Morgan fingerprint density at radius 1 is 1.04 bits per heavy atom. The summed E-state index contributed by atoms with van der Waals surface area (Å²) in [4.78, 5) is 15.8. The van der Waals surface area contributed by atoms with Gasteiger partial charge in [0.15, 0.2) is 0 Å². The molecule has 128 valence electrons. The van der Waals surface area contributed by atoms with Gasteiger partial charge in [0.2, 0.25) is 17.6 Å². The second-order valence-corrected chi connectivity index (χ2v) is 6.30. The number of aryl methyl sites for hydroxylation is 2. The molecule has 3 rings (SSSR count). The fraction of sp³-hybridized carbons (Fsp3) is 0.167. The van der Waals surface area contributed by atoms with Crippen LogP contribution in [-0.2, 0) is 12.8 Å². The molecule has 5 nitrogen and oxygen atoms in total. The van der Waals surface area contributed by atoms with Crippen LogP contribution in [0.25, 0.3) is 11.4 Å². The Labute approximate surface area is 154 Å². The van der Waals surface area contributed by atoms with Gasteiger partial charge in [-0.1, -0.05) is 52.6 Å². The molecule has 0 aliphatic heterocycles. The van der Waals surface area contributed by atoms with Gasteiger partial charge >= 0.3 is 0 Å². The Morgan fingerprint density at radius 2 is 1.76 bits per heavy atom. The second-order valence-electron chi connectivity index (χ2n) is 5.48. The molecule has 1 heterocycles. The van der Waals surface area contributed by atoms with Gasteiger partial charge in [-0.15, -0.1) is 0 Å². The van der Waals surface area contributed by atoms with Crippen LogP contribution in [0.3, 0.4) is 0 Å². The third-order valence-corrected chi connectivity index (χ3v) is 4.40. The number of rotatable bonds is 6. The van der Waals surface area contributed by atoms with Gasteiger partial charge in [0, 0.05) is 12.0 Å². The molecule has 7 heteroatoms. The predicted octanol–water partition coefficient (Wildman–Crippen LogP) is 4.32. The summed E-state index contributed by atoms with van der Waals surface area (Å²) in [6.07, 6.45) is 1.99. The number of amides is 1. The number of nitrogens with zero attached hydrogens (tertiary/aromatic N) is 2. The van der Waals surface area contributed by atoms with E-state index in [0.29, 0.717) is 45.7 Å². The lowest BCUT2D eigenvalue weighted by Gasteiger charge is -2.05. The van der Waals surface area contributed by atoms with Gasteiger partial charge in [0.1, 0.15) is 0 Å². The fourth-order valence-corrected chi connectivity index (χ4v) is 3.14. The number of nitrogens with two attached hydrogens (primary N) is 1. The molecule has 0 atom stereocenters. The van der Waals surface area contributed by atoms with E-state index in [-0.39, 0.29) is 0 Å². The minimum Gasteiger partial charge on any atom is -0.366 e. The molecular formula is C18H15Cl2N3O2. The average molecular weight is 376 g/mol. The monoisotopic (exact) mass is 375 g/mol. The van der Waals surface area contributed by atoms with Gasteiger partial charge in [-0.05, 0) is 36.6 Å². The first kappa shape index (κ1) is 17.5. The molecule has 0 radical (unpaired) electrons. The van der Waals surface area contributed by atoms with Crippen molar-refractivity contribution >= 4 is 29.1 Å². The van der Waals surface area contributed by atoms with Crippen molar-refractivity contribution in [1.29, 1.82) is 0 Å². The highest BCUT2D eigenvalue weighted by Gasteiger charge is 2.15. The van der Waals surface area contributed by atoms with Crippen molar-refractivity contribution in [3.05, 3.63) is 69.5 Å². The fourth-order valence-electron chi connectivity index (χ4n) is 2.58. The summed E-state index contributed by atoms with van der Waals surface area (Å²) in [5.74, 6) is 0.426. The quantitative estimate of drug-likeness (QED) is 0.695. The highest BCUT2D eigenvalue weighted by molar-refractivity contribution is 6.38. The summed E-state index contributed by atoms with van der Waals surface area (Å²) in [7, 11) is 0. The highest BCUT2D eigenvalue weighted by Crippen LogP contribution is 2.32. The van der Waals surface area contributed by atoms with Crippen LogP contribution < -0.4 is 5.73 Å². The molecule has 25 heavy (non-hydrogen) atoms. The van der Waals surface area contributed by atoms with E-state index in [1.165, 1.54) is 0 Å². The zero-order valence-electron chi connectivity index (χ0n) is 13.2. The van der Waals surface area contributed by atoms with Crippen molar-refractivity contribution in [1.82, 2.24) is 10.1 Å². The molecule has 0 saturated carbocycles. The first-order chi connectivity index (χ1) is 12.1. The maximum Gasteiger partial charge on any atom is 0.248 e. The molecule has 0 spiro atoms. The van der Waals surface area contributed by atoms with E-state index in [1.807, 2.05) is 12.1 Å². The summed E-state index contributed by atoms with van der Waals surface area (Å²) in [5.41, 5.74) is 7.39. The maximum atomic E-state index is 11.4. The largest absolute Gasteiger partial charge is 0.366 e. The Bertz CT molecular complexity index is 889. The van der Waals surface area contributed by atoms with E-state index in [0.717, 1.165) is 12.0 Å². The minimum atomic E-state index is -0.427. The number of halogens is 2. The lowest BCUT2D eigenvalue weighted by Crippen LogP contribution is -2.13. The van der Waals surface area contributed by atoms with Crippen molar-refractivity contribution in [3.63, 3.8) is 0 Å². The summed E-state index contributed by atoms with van der Waals surface area (Å²) < 4.78 is 5.27. The normalized spacial score (nSPS) is 10.8. The van der Waals surface area contributed by atoms with Crippen LogP contribution >= 0.6 is 23.2 Å². The first-order valence-corrected chi connectivity index (χ1v) is 8.46. The molecule has 2 N–H and O–H groups in total. The van der Waals surface area contributed by atoms with Gasteiger partial charge in [-0.2, -0.15) is 4.98 Å². The molecule has 3 aromatic rings. The van der Waals surface area contributed by atoms with Gasteiger partial charge in [0.05, 0.1) is 15.6 Å². The van der Waals surface area contributed by atoms with Gasteiger partial charge in [-0.3, -0.25) is 4.79 Å². The summed E-state index contributed by atoms with van der Waals surface area (Å²) in [6, 6.07) is 12.5. The highest BCUT2D eigenvalue weighted by atomic mass is 35.5. The molecule has 0 saturated heterocycles. The number of primary amides is 1. The molecule has 1 amide bonds. The van der Waals surface area contributed by atoms with Crippen molar-refractivity contribution in [2.24, 2.45) is 5.73 Å². The number of carbonyl (C=O) groups excluding carboxylic acids is 1. The Kier molecular flexibility index (Phi) is 5.36. The predicted molar refractivity (Wildman–Crippen MR) is 96.7 cm³/mol. The Hall–Kier alpha value is -2.37. The van der Waals surface area contributed by atoms with Crippen molar-refractivity contribution < 1.29 is 9.32 Å². The SMILES string of the molecule is NC(=O)c1ccccc1CCCc1nc(-c2c(Cl)cccc2Cl)no1. The minimum absolute atomic E-state index is 0.364. The summed E-state index contributed by atoms with van der Waals surface area (Å²) in [6.45, 7) is 0. The topological polar surface area (TPSA) is 82.0 Å². The van der Waals surface area contributed by atoms with Crippen LogP contribution in [0, 0.1) is 0 Å². The molecule has 1 aromatic heterocycles. The van der Waals surface area contributed by atoms with E-state index in [1.54, 1.807) is 30.3 Å². The van der Waals surface area contributed by atoms with E-state index in [2.05, 4.69) is 10.1 Å². The lowest BCUT2D eigenvalue weighted by atomic mass is 10.0. The zero-order valence-corrected chi connectivity index (χ0v) is 14.7. The number of aromatic nitrogens is 2. The van der Waals surface area contributed by atoms with E-state index >= 15 is 0 Å². The molecular weight excluding hydrogens is 361 g/mol. The Morgan fingerprint density at radius 3 is 2.48 bits per heavy atom. The number of hydrogen-bond donors (Lipinski definition) is 1. The number of benzene rings is 2. The maximum absolute atomic E-state index is 11.4. The number of hydrogen-bond acceptors (Lipinski definition) is 4. The lowest BCUT2D eigenvalue weighted by molar-refractivity contribution is 0.0999. The first-order valence-electron chi connectivity index (χ1n) is 7.71.